The van der Waals surface area contributed by atoms with Gasteiger partial charge in [0.1, 0.15) is 0 Å². The third kappa shape index (κ3) is 4.08. The zero-order valence-corrected chi connectivity index (χ0v) is 10.9. The molecule has 0 rings (SSSR count). The molecule has 11 heavy (non-hydrogen) atoms. The van der Waals surface area contributed by atoms with Gasteiger partial charge in [0.05, 0.1) is 8.07 Å². The zero-order chi connectivity index (χ0) is 9.07. The normalized spacial score (nSPS) is 15.5. The maximum Gasteiger partial charge on any atom is 0.170 e. The molecule has 1 atom stereocenters. The Morgan fingerprint density at radius 3 is 2.09 bits per heavy atom. The second kappa shape index (κ2) is 4.43. The lowest BCUT2D eigenvalue weighted by Gasteiger charge is -2.30. The molecule has 0 aromatic heterocycles. The van der Waals surface area contributed by atoms with Crippen LogP contribution in [-0.4, -0.2) is 22.8 Å². The average Bonchev–Trinajstić information content (AvgIpc) is 1.86. The first-order valence-corrected chi connectivity index (χ1v) is 10.6. The van der Waals surface area contributed by atoms with Crippen molar-refractivity contribution in [2.75, 3.05) is 0 Å². The largest absolute Gasteiger partial charge is 0.421 e. The SMILES string of the molecule is CC[Si](C)(C)C(C)O[SiH](C)C. The van der Waals surface area contributed by atoms with Crippen LogP contribution in [0.4, 0.5) is 0 Å². The predicted molar refractivity (Wildman–Crippen MR) is 57.4 cm³/mol. The van der Waals surface area contributed by atoms with Crippen LogP contribution in [-0.2, 0) is 4.43 Å². The van der Waals surface area contributed by atoms with Crippen molar-refractivity contribution in [3.05, 3.63) is 0 Å². The minimum Gasteiger partial charge on any atom is -0.421 e. The molecule has 0 saturated heterocycles. The van der Waals surface area contributed by atoms with Crippen LogP contribution in [0.15, 0.2) is 0 Å². The minimum absolute atomic E-state index is 0.555. The summed E-state index contributed by atoms with van der Waals surface area (Å²) in [7, 11) is -1.84. The van der Waals surface area contributed by atoms with Gasteiger partial charge in [0.25, 0.3) is 0 Å². The van der Waals surface area contributed by atoms with Gasteiger partial charge in [-0.15, -0.1) is 0 Å². The van der Waals surface area contributed by atoms with Gasteiger partial charge in [-0.3, -0.25) is 0 Å². The molecular formula is C8H22OSi2. The van der Waals surface area contributed by atoms with Crippen molar-refractivity contribution in [2.24, 2.45) is 0 Å². The molecule has 68 valence electrons. The summed E-state index contributed by atoms with van der Waals surface area (Å²) >= 11 is 0. The van der Waals surface area contributed by atoms with Crippen LogP contribution in [0.25, 0.3) is 0 Å². The van der Waals surface area contributed by atoms with E-state index in [0.29, 0.717) is 5.73 Å². The fraction of sp³-hybridized carbons (Fsp3) is 1.00. The molecule has 0 bridgehead atoms. The molecule has 0 aliphatic rings. The molecule has 0 aromatic rings. The Morgan fingerprint density at radius 1 is 1.36 bits per heavy atom. The molecule has 0 aliphatic carbocycles. The lowest BCUT2D eigenvalue weighted by Crippen LogP contribution is -2.42. The molecule has 0 N–H and O–H groups in total. The van der Waals surface area contributed by atoms with Crippen LogP contribution >= 0.6 is 0 Å². The highest BCUT2D eigenvalue weighted by molar-refractivity contribution is 6.79. The highest BCUT2D eigenvalue weighted by Crippen LogP contribution is 2.16. The molecule has 0 saturated carbocycles. The third-order valence-electron chi connectivity index (χ3n) is 2.49. The van der Waals surface area contributed by atoms with Gasteiger partial charge in [0.15, 0.2) is 9.04 Å². The van der Waals surface area contributed by atoms with Crippen molar-refractivity contribution >= 4 is 17.1 Å². The van der Waals surface area contributed by atoms with E-state index in [1.807, 2.05) is 0 Å². The van der Waals surface area contributed by atoms with Gasteiger partial charge in [-0.25, -0.2) is 0 Å². The van der Waals surface area contributed by atoms with Gasteiger partial charge < -0.3 is 4.43 Å². The highest BCUT2D eigenvalue weighted by Gasteiger charge is 2.27. The first-order valence-electron chi connectivity index (χ1n) is 4.55. The average molecular weight is 190 g/mol. The van der Waals surface area contributed by atoms with Crippen molar-refractivity contribution in [3.63, 3.8) is 0 Å². The van der Waals surface area contributed by atoms with E-state index in [1.165, 1.54) is 6.04 Å². The Balaban J connectivity index is 3.90. The first kappa shape index (κ1) is 11.4. The van der Waals surface area contributed by atoms with Gasteiger partial charge in [-0.2, -0.15) is 0 Å². The topological polar surface area (TPSA) is 9.23 Å². The van der Waals surface area contributed by atoms with E-state index in [2.05, 4.69) is 40.0 Å². The molecule has 0 fully saturated rings. The summed E-state index contributed by atoms with van der Waals surface area (Å²) in [6.07, 6.45) is 0. The smallest absolute Gasteiger partial charge is 0.170 e. The number of rotatable bonds is 4. The van der Waals surface area contributed by atoms with E-state index >= 15 is 0 Å². The Bertz CT molecular complexity index is 113. The fourth-order valence-electron chi connectivity index (χ4n) is 0.880. The second-order valence-corrected chi connectivity index (χ2v) is 12.0. The summed E-state index contributed by atoms with van der Waals surface area (Å²) in [6.45, 7) is 13.9. The van der Waals surface area contributed by atoms with Crippen LogP contribution in [0, 0.1) is 0 Å². The number of hydrogen-bond donors (Lipinski definition) is 0. The minimum atomic E-state index is -1.03. The molecule has 0 radical (unpaired) electrons. The number of hydrogen-bond acceptors (Lipinski definition) is 1. The summed E-state index contributed by atoms with van der Waals surface area (Å²) in [5, 5.41) is 0. The molecule has 0 spiro atoms. The zero-order valence-electron chi connectivity index (χ0n) is 8.77. The molecular weight excluding hydrogens is 168 g/mol. The van der Waals surface area contributed by atoms with Gasteiger partial charge in [-0.05, 0) is 20.0 Å². The third-order valence-corrected chi connectivity index (χ3v) is 7.87. The fourth-order valence-corrected chi connectivity index (χ4v) is 4.56. The Labute approximate surface area is 73.9 Å². The van der Waals surface area contributed by atoms with Crippen molar-refractivity contribution in [1.29, 1.82) is 0 Å². The molecule has 1 nitrogen and oxygen atoms in total. The molecule has 1 unspecified atom stereocenters. The van der Waals surface area contributed by atoms with Crippen LogP contribution in [0.2, 0.25) is 32.2 Å². The van der Waals surface area contributed by atoms with E-state index in [9.17, 15) is 0 Å². The maximum atomic E-state index is 5.91. The van der Waals surface area contributed by atoms with Crippen molar-refractivity contribution in [3.8, 4) is 0 Å². The molecule has 0 aromatic carbocycles. The lowest BCUT2D eigenvalue weighted by atomic mass is 10.9. The van der Waals surface area contributed by atoms with E-state index in [0.717, 1.165) is 0 Å². The van der Waals surface area contributed by atoms with Crippen molar-refractivity contribution < 1.29 is 4.43 Å². The van der Waals surface area contributed by atoms with Gasteiger partial charge >= 0.3 is 0 Å². The summed E-state index contributed by atoms with van der Waals surface area (Å²) in [5.41, 5.74) is 0.555. The van der Waals surface area contributed by atoms with Gasteiger partial charge in [-0.1, -0.05) is 26.1 Å². The van der Waals surface area contributed by atoms with E-state index < -0.39 is 17.1 Å². The Morgan fingerprint density at radius 2 is 1.82 bits per heavy atom. The quantitative estimate of drug-likeness (QED) is 0.619. The standard InChI is InChI=1S/C8H22OSi2/c1-7-11(5,6)8(2)9-10(3)4/h8,10H,7H2,1-6H3. The second-order valence-electron chi connectivity index (χ2n) is 4.17. The predicted octanol–water partition coefficient (Wildman–Crippen LogP) is 2.64. The lowest BCUT2D eigenvalue weighted by molar-refractivity contribution is 0.295. The Kier molecular flexibility index (Phi) is 4.59. The molecule has 0 aliphatic heterocycles. The van der Waals surface area contributed by atoms with Crippen molar-refractivity contribution in [2.45, 2.75) is 51.8 Å². The van der Waals surface area contributed by atoms with Crippen LogP contribution in [0.3, 0.4) is 0 Å². The molecule has 3 heteroatoms. The van der Waals surface area contributed by atoms with Gasteiger partial charge in [0.2, 0.25) is 0 Å². The maximum absolute atomic E-state index is 5.91. The summed E-state index contributed by atoms with van der Waals surface area (Å²) in [4.78, 5) is 0. The summed E-state index contributed by atoms with van der Waals surface area (Å²) in [5.74, 6) is 0. The van der Waals surface area contributed by atoms with Crippen LogP contribution in [0.5, 0.6) is 0 Å². The van der Waals surface area contributed by atoms with E-state index in [-0.39, 0.29) is 0 Å². The van der Waals surface area contributed by atoms with E-state index in [4.69, 9.17) is 4.43 Å². The summed E-state index contributed by atoms with van der Waals surface area (Å²) in [6, 6.07) is 1.33. The Hall–Kier alpha value is 0.394. The monoisotopic (exact) mass is 190 g/mol. The summed E-state index contributed by atoms with van der Waals surface area (Å²) < 4.78 is 5.91. The van der Waals surface area contributed by atoms with E-state index in [1.54, 1.807) is 0 Å². The van der Waals surface area contributed by atoms with Crippen molar-refractivity contribution in [1.82, 2.24) is 0 Å². The van der Waals surface area contributed by atoms with Crippen LogP contribution in [0.1, 0.15) is 13.8 Å². The molecule has 0 heterocycles. The molecule has 0 amide bonds. The van der Waals surface area contributed by atoms with Gasteiger partial charge in [0, 0.05) is 5.73 Å². The first-order chi connectivity index (χ1) is 4.90. The highest BCUT2D eigenvalue weighted by atomic mass is 28.3. The van der Waals surface area contributed by atoms with Crippen LogP contribution < -0.4 is 0 Å².